The topological polar surface area (TPSA) is 65.6 Å². The van der Waals surface area contributed by atoms with Crippen molar-refractivity contribution in [2.24, 2.45) is 0 Å². The Labute approximate surface area is 201 Å². The monoisotopic (exact) mass is 457 g/mol. The molecule has 3 heterocycles. The van der Waals surface area contributed by atoms with E-state index in [1.165, 1.54) is 29.7 Å². The van der Waals surface area contributed by atoms with Crippen LogP contribution in [0.2, 0.25) is 0 Å². The van der Waals surface area contributed by atoms with Gasteiger partial charge in [-0.2, -0.15) is 0 Å². The predicted molar refractivity (Wildman–Crippen MR) is 130 cm³/mol. The van der Waals surface area contributed by atoms with Crippen LogP contribution < -0.4 is 15.2 Å². The molecule has 32 heavy (non-hydrogen) atoms. The van der Waals surface area contributed by atoms with Crippen LogP contribution in [-0.4, -0.2) is 53.2 Å². The zero-order valence-corrected chi connectivity index (χ0v) is 17.9. The molecule has 1 N–H and O–H groups in total. The molecule has 0 radical (unpaired) electrons. The minimum atomic E-state index is -3.01. The van der Waals surface area contributed by atoms with Crippen molar-refractivity contribution in [2.45, 2.75) is 17.7 Å². The molecule has 0 spiro atoms. The highest BCUT2D eigenvalue weighted by atomic mass is 32.2. The van der Waals surface area contributed by atoms with Gasteiger partial charge in [0.15, 0.2) is 0 Å². The molecule has 6 nitrogen and oxygen atoms in total. The number of pyridine rings is 1. The third kappa shape index (κ3) is 4.49. The number of ether oxygens (including phenoxy) is 1. The van der Waals surface area contributed by atoms with Gasteiger partial charge in [0.25, 0.3) is 0 Å². The minimum absolute atomic E-state index is 0.0767. The van der Waals surface area contributed by atoms with Crippen LogP contribution in [-0.2, 0) is 10.8 Å². The van der Waals surface area contributed by atoms with Gasteiger partial charge in [0.2, 0.25) is 5.56 Å². The molecular formula is C25H27N3O3S. The van der Waals surface area contributed by atoms with Gasteiger partial charge in [0.1, 0.15) is 5.75 Å². The molecule has 0 amide bonds. The van der Waals surface area contributed by atoms with Gasteiger partial charge in [-0.15, -0.1) is 0 Å². The van der Waals surface area contributed by atoms with Gasteiger partial charge in [-0.25, -0.2) is 4.21 Å². The molecule has 1 atom stereocenters. The van der Waals surface area contributed by atoms with Crippen molar-refractivity contribution in [3.63, 3.8) is 0 Å². The molecule has 5 rings (SSSR count). The predicted octanol–water partition coefficient (Wildman–Crippen LogP) is 3.60. The summed E-state index contributed by atoms with van der Waals surface area (Å²) in [5.41, 5.74) is 0.561. The Kier molecular flexibility index (Phi) is 3.95. The van der Waals surface area contributed by atoms with Crippen molar-refractivity contribution in [1.82, 2.24) is 9.88 Å². The number of fused-ring (bicyclic) bond motifs is 2. The van der Waals surface area contributed by atoms with Gasteiger partial charge in [-0.3, -0.25) is 9.69 Å². The molecule has 2 aliphatic heterocycles. The molecule has 1 fully saturated rings. The number of hydrogen-bond acceptors (Lipinski definition) is 5. The van der Waals surface area contributed by atoms with Crippen LogP contribution in [0.1, 0.15) is 29.4 Å². The van der Waals surface area contributed by atoms with Crippen molar-refractivity contribution in [3.05, 3.63) is 69.9 Å². The zero-order chi connectivity index (χ0) is 29.1. The fourth-order valence-electron chi connectivity index (χ4n) is 3.56. The molecule has 1 saturated heterocycles. The van der Waals surface area contributed by atoms with Crippen LogP contribution in [0.4, 0.5) is 5.69 Å². The lowest BCUT2D eigenvalue weighted by Gasteiger charge is -2.36. The number of piperazine rings is 1. The van der Waals surface area contributed by atoms with Gasteiger partial charge in [-0.1, -0.05) is 6.07 Å². The molecule has 7 heteroatoms. The molecule has 1 unspecified atom stereocenters. The summed E-state index contributed by atoms with van der Waals surface area (Å²) in [6, 6.07) is 12.7. The lowest BCUT2D eigenvalue weighted by atomic mass is 10.1. The maximum Gasteiger partial charge on any atom is 0.248 e. The number of rotatable bonds is 7. The summed E-state index contributed by atoms with van der Waals surface area (Å²) in [5, 5.41) is 2.21. The fourth-order valence-corrected chi connectivity index (χ4v) is 4.57. The van der Waals surface area contributed by atoms with E-state index in [1.807, 2.05) is 0 Å². The quantitative estimate of drug-likeness (QED) is 0.549. The van der Waals surface area contributed by atoms with Crippen LogP contribution in [0.3, 0.4) is 0 Å². The summed E-state index contributed by atoms with van der Waals surface area (Å²) in [6.45, 7) is -12.0. The number of unbranched alkanes of at least 4 members (excludes halogenated alkanes) is 1. The van der Waals surface area contributed by atoms with E-state index in [-0.39, 0.29) is 36.4 Å². The number of hydrogen-bond donors (Lipinski definition) is 1. The van der Waals surface area contributed by atoms with Gasteiger partial charge in [0, 0.05) is 60.3 Å². The van der Waals surface area contributed by atoms with Crippen molar-refractivity contribution in [2.75, 3.05) is 44.0 Å². The molecule has 166 valence electrons. The van der Waals surface area contributed by atoms with E-state index in [0.29, 0.717) is 32.4 Å². The smallest absolute Gasteiger partial charge is 0.248 e. The van der Waals surface area contributed by atoms with Crippen LogP contribution >= 0.6 is 0 Å². The highest BCUT2D eigenvalue weighted by Gasteiger charge is 2.22. The van der Waals surface area contributed by atoms with Gasteiger partial charge < -0.3 is 14.6 Å². The molecule has 0 bridgehead atoms. The first kappa shape index (κ1) is 13.6. The highest BCUT2D eigenvalue weighted by Crippen LogP contribution is 2.33. The second kappa shape index (κ2) is 9.30. The lowest BCUT2D eigenvalue weighted by Crippen LogP contribution is -2.46. The zero-order valence-electron chi connectivity index (χ0n) is 25.1. The van der Waals surface area contributed by atoms with E-state index < -0.39 is 36.8 Å². The summed E-state index contributed by atoms with van der Waals surface area (Å²) in [5.74, 6) is 0.506. The van der Waals surface area contributed by atoms with Crippen molar-refractivity contribution in [3.8, 4) is 5.75 Å². The second-order valence-electron chi connectivity index (χ2n) is 7.35. The van der Waals surface area contributed by atoms with Crippen LogP contribution in [0.5, 0.6) is 5.75 Å². The summed E-state index contributed by atoms with van der Waals surface area (Å²) in [4.78, 5) is 15.7. The Morgan fingerprint density at radius 1 is 1.06 bits per heavy atom. The molecule has 1 aromatic heterocycles. The standard InChI is InChI=1S/C25H27N3O3S/c29-25-9-7-19-6-8-20(18-22(19)26-25)31-16-2-1-11-27-12-14-28(15-13-27)23-4-3-5-24-21(23)10-17-32(24)30/h3-10,17-18H,1-2,11-16H2,(H,26,29)/i12D2,13D2,14D2,15D2. The Balaban J connectivity index is 1.33. The summed E-state index contributed by atoms with van der Waals surface area (Å²) >= 11 is 0. The number of H-pyrrole nitrogens is 1. The minimum Gasteiger partial charge on any atom is -0.494 e. The van der Waals surface area contributed by atoms with E-state index >= 15 is 0 Å². The lowest BCUT2D eigenvalue weighted by molar-refractivity contribution is 0.238. The molecule has 2 aromatic carbocycles. The Morgan fingerprint density at radius 3 is 2.78 bits per heavy atom. The van der Waals surface area contributed by atoms with Gasteiger partial charge >= 0.3 is 0 Å². The normalized spacial score (nSPS) is 28.2. The first-order chi connectivity index (χ1) is 18.7. The van der Waals surface area contributed by atoms with E-state index in [9.17, 15) is 9.00 Å². The maximum absolute atomic E-state index is 12.3. The first-order valence-electron chi connectivity index (χ1n) is 14.3. The van der Waals surface area contributed by atoms with E-state index in [4.69, 9.17) is 15.7 Å². The first-order valence-corrected chi connectivity index (χ1v) is 11.5. The van der Waals surface area contributed by atoms with Crippen LogP contribution in [0, 0.1) is 0 Å². The molecule has 3 aromatic rings. The second-order valence-corrected chi connectivity index (χ2v) is 8.66. The van der Waals surface area contributed by atoms with Crippen molar-refractivity contribution in [1.29, 1.82) is 0 Å². The summed E-state index contributed by atoms with van der Waals surface area (Å²) in [6.07, 6.45) is 2.00. The van der Waals surface area contributed by atoms with E-state index in [1.54, 1.807) is 30.3 Å². The largest absolute Gasteiger partial charge is 0.494 e. The number of benzene rings is 2. The average molecular weight is 458 g/mol. The number of nitrogens with zero attached hydrogens (tertiary/aromatic N) is 2. The molecular weight excluding hydrogens is 422 g/mol. The average Bonchev–Trinajstić information content (AvgIpc) is 3.26. The third-order valence-corrected chi connectivity index (χ3v) is 6.37. The van der Waals surface area contributed by atoms with E-state index in [2.05, 4.69) is 4.98 Å². The summed E-state index contributed by atoms with van der Waals surface area (Å²) in [7, 11) is -1.51. The van der Waals surface area contributed by atoms with E-state index in [0.717, 1.165) is 5.39 Å². The molecule has 2 aliphatic rings. The highest BCUT2D eigenvalue weighted by molar-refractivity contribution is 7.88. The van der Waals surface area contributed by atoms with Crippen LogP contribution in [0.25, 0.3) is 17.0 Å². The number of anilines is 1. The Hall–Kier alpha value is -2.90. The van der Waals surface area contributed by atoms with Crippen molar-refractivity contribution >= 4 is 33.5 Å². The maximum atomic E-state index is 12.3. The summed E-state index contributed by atoms with van der Waals surface area (Å²) < 4.78 is 87.7. The Morgan fingerprint density at radius 2 is 1.91 bits per heavy atom. The molecule has 0 saturated carbocycles. The third-order valence-electron chi connectivity index (χ3n) is 5.19. The van der Waals surface area contributed by atoms with Crippen molar-refractivity contribution < 1.29 is 19.9 Å². The number of nitrogens with one attached hydrogen (secondary N) is 1. The SMILES string of the molecule is [2H]C1([2H])N(CCCCOc2ccc3ccc(=O)[nH]c3c2)C([2H])([2H])C([2H])([2H])N(c2cccc3c2C=CS3=O)C1([2H])[2H]. The number of aromatic nitrogens is 1. The molecule has 0 aliphatic carbocycles. The fraction of sp³-hybridized carbons (Fsp3) is 0.320. The van der Waals surface area contributed by atoms with Gasteiger partial charge in [0.05, 0.1) is 33.3 Å². The van der Waals surface area contributed by atoms with Crippen LogP contribution in [0.15, 0.2) is 63.6 Å². The Bertz CT molecular complexity index is 1550. The van der Waals surface area contributed by atoms with Gasteiger partial charge in [-0.05, 0) is 61.2 Å². The number of aromatic amines is 1.